The Morgan fingerprint density at radius 3 is 2.67 bits per heavy atom. The predicted octanol–water partition coefficient (Wildman–Crippen LogP) is 6.00. The summed E-state index contributed by atoms with van der Waals surface area (Å²) < 4.78 is 11.7. The Balaban J connectivity index is 1.32. The highest BCUT2D eigenvalue weighted by Gasteiger charge is 2.40. The van der Waals surface area contributed by atoms with Crippen molar-refractivity contribution in [2.24, 2.45) is 18.9 Å². The number of aryl methyl sites for hydroxylation is 2. The van der Waals surface area contributed by atoms with Crippen LogP contribution in [0.1, 0.15) is 68.3 Å². The fourth-order valence-corrected chi connectivity index (χ4v) is 7.88. The van der Waals surface area contributed by atoms with Gasteiger partial charge in [-0.2, -0.15) is 0 Å². The van der Waals surface area contributed by atoms with Crippen molar-refractivity contribution < 1.29 is 14.6 Å². The number of amides is 1. The maximum atomic E-state index is 13.6. The number of likely N-dealkylation sites (tertiary alicyclic amines) is 1. The number of thiophene rings is 1. The molecule has 1 saturated heterocycles. The fraction of sp³-hybridized carbons (Fsp3) is 0.548. The highest BCUT2D eigenvalue weighted by molar-refractivity contribution is 7.17. The number of rotatable bonds is 8. The van der Waals surface area contributed by atoms with Gasteiger partial charge in [-0.25, -0.2) is 4.98 Å². The molecule has 4 aromatic rings. The van der Waals surface area contributed by atoms with Crippen LogP contribution in [0, 0.1) is 11.8 Å². The summed E-state index contributed by atoms with van der Waals surface area (Å²) in [7, 11) is 3.72. The number of fused-ring (bicyclic) bond motifs is 4. The van der Waals surface area contributed by atoms with Crippen molar-refractivity contribution in [2.45, 2.75) is 77.0 Å². The molecular formula is C31H38N4O3S. The largest absolute Gasteiger partial charge is 0.494 e. The van der Waals surface area contributed by atoms with Crippen molar-refractivity contribution in [2.75, 3.05) is 13.7 Å². The number of methoxy groups -OCH3 is 1. The van der Waals surface area contributed by atoms with E-state index in [1.807, 2.05) is 33.0 Å². The first kappa shape index (κ1) is 25.1. The molecule has 0 radical (unpaired) electrons. The number of hydrogen-bond acceptors (Lipinski definition) is 5. The Kier molecular flexibility index (Phi) is 5.87. The number of aromatic nitrogens is 3. The van der Waals surface area contributed by atoms with E-state index in [4.69, 9.17) is 9.72 Å². The van der Waals surface area contributed by atoms with Crippen molar-refractivity contribution in [1.29, 1.82) is 0 Å². The number of imidazole rings is 1. The van der Waals surface area contributed by atoms with E-state index in [1.165, 1.54) is 35.0 Å². The number of ether oxygens (including phenoxy) is 1. The van der Waals surface area contributed by atoms with Gasteiger partial charge in [-0.3, -0.25) is 4.79 Å². The summed E-state index contributed by atoms with van der Waals surface area (Å²) in [5, 5.41) is 12.6. The zero-order valence-corrected chi connectivity index (χ0v) is 24.2. The van der Waals surface area contributed by atoms with Gasteiger partial charge in [0.25, 0.3) is 5.91 Å². The van der Waals surface area contributed by atoms with Crippen LogP contribution in [0.25, 0.3) is 32.8 Å². The summed E-state index contributed by atoms with van der Waals surface area (Å²) >= 11 is 1.77. The van der Waals surface area contributed by atoms with Gasteiger partial charge >= 0.3 is 0 Å². The summed E-state index contributed by atoms with van der Waals surface area (Å²) in [4.78, 5) is 20.8. The Labute approximate surface area is 233 Å². The van der Waals surface area contributed by atoms with Crippen molar-refractivity contribution in [3.8, 4) is 17.3 Å². The molecule has 1 N–H and O–H groups in total. The summed E-state index contributed by atoms with van der Waals surface area (Å²) in [6.07, 6.45) is 7.62. The minimum atomic E-state index is -0.692. The number of hydrogen-bond donors (Lipinski definition) is 1. The van der Waals surface area contributed by atoms with Crippen LogP contribution >= 0.6 is 11.3 Å². The first-order valence-electron chi connectivity index (χ1n) is 14.4. The Hall–Kier alpha value is -2.84. The average molecular weight is 547 g/mol. The van der Waals surface area contributed by atoms with Gasteiger partial charge in [-0.15, -0.1) is 11.3 Å². The number of nitrogens with zero attached hydrogens (tertiary/aromatic N) is 4. The molecule has 2 saturated carbocycles. The zero-order valence-electron chi connectivity index (χ0n) is 23.4. The van der Waals surface area contributed by atoms with E-state index < -0.39 is 5.60 Å². The van der Waals surface area contributed by atoms with E-state index in [1.54, 1.807) is 18.4 Å². The van der Waals surface area contributed by atoms with Crippen molar-refractivity contribution in [3.05, 3.63) is 34.7 Å². The molecule has 3 fully saturated rings. The number of carbonyl (C=O) groups is 1. The molecule has 4 heterocycles. The topological polar surface area (TPSA) is 72.5 Å². The standard InChI is InChI=1S/C31H38N4O3S/c1-31(2,37)10-9-20-17-39-26-14-24(35(27(20)26)15-18-5-6-18)29-32-23-12-21(13-25(38-4)28(23)33(29)3)30(36)34-16-19-7-8-22(34)11-19/h12-14,17-19,22,37H,5-11,15-16H2,1-4H3/t19-,22+/m0/s1. The van der Waals surface area contributed by atoms with Crippen molar-refractivity contribution >= 4 is 38.5 Å². The molecule has 3 aromatic heterocycles. The predicted molar refractivity (Wildman–Crippen MR) is 156 cm³/mol. The SMILES string of the molecule is COc1cc(C(=O)N2C[C@H]3CC[C@@H]2C3)cc2nc(-c3cc4scc(CCC(C)(C)O)c4n3CC3CC3)n(C)c12. The van der Waals surface area contributed by atoms with Gasteiger partial charge in [0.2, 0.25) is 0 Å². The van der Waals surface area contributed by atoms with Crippen molar-refractivity contribution in [3.63, 3.8) is 0 Å². The highest BCUT2D eigenvalue weighted by atomic mass is 32.1. The van der Waals surface area contributed by atoms with Crippen molar-refractivity contribution in [1.82, 2.24) is 19.0 Å². The van der Waals surface area contributed by atoms with Crippen LogP contribution in [0.2, 0.25) is 0 Å². The van der Waals surface area contributed by atoms with Crippen LogP contribution in [0.4, 0.5) is 0 Å². The molecule has 1 aromatic carbocycles. The fourth-order valence-electron chi connectivity index (χ4n) is 6.85. The Bertz CT molecular complexity index is 1580. The third-order valence-corrected chi connectivity index (χ3v) is 10.1. The second-order valence-corrected chi connectivity index (χ2v) is 13.6. The van der Waals surface area contributed by atoms with E-state index in [0.29, 0.717) is 29.2 Å². The molecule has 8 heteroatoms. The molecule has 2 bridgehead atoms. The number of benzene rings is 1. The van der Waals surface area contributed by atoms with Crippen LogP contribution in [0.5, 0.6) is 5.75 Å². The van der Waals surface area contributed by atoms with E-state index in [2.05, 4.69) is 25.5 Å². The minimum Gasteiger partial charge on any atom is -0.494 e. The van der Waals surface area contributed by atoms with E-state index in [-0.39, 0.29) is 5.91 Å². The number of piperidine rings is 1. The smallest absolute Gasteiger partial charge is 0.254 e. The van der Waals surface area contributed by atoms with Crippen LogP contribution in [-0.4, -0.2) is 55.3 Å². The first-order chi connectivity index (χ1) is 18.7. The minimum absolute atomic E-state index is 0.101. The quantitative estimate of drug-likeness (QED) is 0.294. The lowest BCUT2D eigenvalue weighted by atomic mass is 10.00. The molecule has 7 rings (SSSR count). The molecule has 0 unspecified atom stereocenters. The maximum absolute atomic E-state index is 13.6. The van der Waals surface area contributed by atoms with Gasteiger partial charge in [0, 0.05) is 31.7 Å². The summed E-state index contributed by atoms with van der Waals surface area (Å²) in [5.74, 6) is 3.04. The van der Waals surface area contributed by atoms with Crippen LogP contribution < -0.4 is 4.74 Å². The molecule has 1 aliphatic heterocycles. The average Bonchev–Trinajstić information content (AvgIpc) is 3.30. The van der Waals surface area contributed by atoms with Gasteiger partial charge < -0.3 is 23.9 Å². The molecule has 1 amide bonds. The van der Waals surface area contributed by atoms with Gasteiger partial charge in [-0.1, -0.05) is 0 Å². The lowest BCUT2D eigenvalue weighted by Crippen LogP contribution is -2.37. The third-order valence-electron chi connectivity index (χ3n) is 9.14. The lowest BCUT2D eigenvalue weighted by molar-refractivity contribution is 0.0700. The van der Waals surface area contributed by atoms with E-state index in [9.17, 15) is 9.90 Å². The van der Waals surface area contributed by atoms with Gasteiger partial charge in [0.15, 0.2) is 5.82 Å². The monoisotopic (exact) mass is 546 g/mol. The molecule has 7 nitrogen and oxygen atoms in total. The molecule has 2 atom stereocenters. The molecule has 206 valence electrons. The Morgan fingerprint density at radius 2 is 2.00 bits per heavy atom. The first-order valence-corrected chi connectivity index (χ1v) is 15.3. The second kappa shape index (κ2) is 9.10. The van der Waals surface area contributed by atoms with Crippen LogP contribution in [-0.2, 0) is 20.0 Å². The normalized spacial score (nSPS) is 21.1. The Morgan fingerprint density at radius 1 is 1.18 bits per heavy atom. The molecule has 2 aliphatic carbocycles. The summed E-state index contributed by atoms with van der Waals surface area (Å²) in [5.41, 5.74) is 5.38. The van der Waals surface area contributed by atoms with Crippen LogP contribution in [0.3, 0.4) is 0 Å². The van der Waals surface area contributed by atoms with Crippen LogP contribution in [0.15, 0.2) is 23.6 Å². The third kappa shape index (κ3) is 4.36. The maximum Gasteiger partial charge on any atom is 0.254 e. The summed E-state index contributed by atoms with van der Waals surface area (Å²) in [6, 6.07) is 6.52. The van der Waals surface area contributed by atoms with E-state index >= 15 is 0 Å². The molecule has 3 aliphatic rings. The number of carbonyl (C=O) groups excluding carboxylic acids is 1. The molecule has 39 heavy (non-hydrogen) atoms. The van der Waals surface area contributed by atoms with E-state index in [0.717, 1.165) is 61.3 Å². The zero-order chi connectivity index (χ0) is 27.1. The highest BCUT2D eigenvalue weighted by Crippen LogP contribution is 2.42. The molecule has 0 spiro atoms. The lowest BCUT2D eigenvalue weighted by Gasteiger charge is -2.27. The van der Waals surface area contributed by atoms with Gasteiger partial charge in [0.1, 0.15) is 11.3 Å². The van der Waals surface area contributed by atoms with Gasteiger partial charge in [0.05, 0.1) is 34.1 Å². The number of aliphatic hydroxyl groups is 1. The molecular weight excluding hydrogens is 508 g/mol. The second-order valence-electron chi connectivity index (χ2n) is 12.7. The van der Waals surface area contributed by atoms with Gasteiger partial charge in [-0.05, 0) is 99.8 Å². The summed E-state index contributed by atoms with van der Waals surface area (Å²) in [6.45, 7) is 5.61.